The number of halogens is 2. The van der Waals surface area contributed by atoms with Crippen molar-refractivity contribution in [2.45, 2.75) is 0 Å². The maximum Gasteiger partial charge on any atom is 0.258 e. The fourth-order valence-electron chi connectivity index (χ4n) is 2.56. The maximum atomic E-state index is 12.7. The summed E-state index contributed by atoms with van der Waals surface area (Å²) in [5, 5.41) is 17.8. The number of fused-ring (bicyclic) bond motifs is 1. The van der Waals surface area contributed by atoms with Crippen LogP contribution in [0.4, 0.5) is 11.4 Å². The van der Waals surface area contributed by atoms with Crippen LogP contribution in [0.3, 0.4) is 0 Å². The van der Waals surface area contributed by atoms with Gasteiger partial charge in [0.1, 0.15) is 0 Å². The van der Waals surface area contributed by atoms with Gasteiger partial charge in [-0.3, -0.25) is 15.0 Å². The van der Waals surface area contributed by atoms with Crippen molar-refractivity contribution in [1.29, 1.82) is 0 Å². The van der Waals surface area contributed by atoms with Crippen molar-refractivity contribution in [2.24, 2.45) is 0 Å². The third-order valence-corrected chi connectivity index (χ3v) is 4.77. The Labute approximate surface area is 176 Å². The minimum Gasteiger partial charge on any atom is -0.364 e. The first kappa shape index (κ1) is 20.1. The summed E-state index contributed by atoms with van der Waals surface area (Å²) >= 11 is 17.2. The van der Waals surface area contributed by atoms with E-state index in [-0.39, 0.29) is 20.7 Å². The predicted octanol–water partition coefficient (Wildman–Crippen LogP) is 4.00. The van der Waals surface area contributed by atoms with Crippen molar-refractivity contribution in [2.75, 3.05) is 17.5 Å². The van der Waals surface area contributed by atoms with Crippen molar-refractivity contribution < 1.29 is 10.0 Å². The molecule has 0 aliphatic carbocycles. The van der Waals surface area contributed by atoms with Gasteiger partial charge in [-0.2, -0.15) is 5.17 Å². The van der Waals surface area contributed by atoms with Crippen LogP contribution in [0.15, 0.2) is 48.7 Å². The second-order valence-corrected chi connectivity index (χ2v) is 6.81. The Kier molecular flexibility index (Phi) is 6.15. The average molecular weight is 436 g/mol. The number of hydrogen-bond donors (Lipinski definition) is 4. The number of para-hydroxylation sites is 1. The van der Waals surface area contributed by atoms with E-state index >= 15 is 0 Å². The molecule has 7 nitrogen and oxygen atoms in total. The molecule has 0 aliphatic rings. The third kappa shape index (κ3) is 4.10. The van der Waals surface area contributed by atoms with Gasteiger partial charge in [0.25, 0.3) is 5.91 Å². The summed E-state index contributed by atoms with van der Waals surface area (Å²) in [4.78, 5) is 17.0. The molecule has 0 saturated heterocycles. The minimum absolute atomic E-state index is 0.170. The first-order valence-corrected chi connectivity index (χ1v) is 9.19. The zero-order valence-electron chi connectivity index (χ0n) is 14.5. The summed E-state index contributed by atoms with van der Waals surface area (Å²) in [7, 11) is 1.63. The fraction of sp³-hybridized carbons (Fsp3) is 0.0556. The number of nitrogens with zero attached hydrogens (tertiary/aromatic N) is 2. The number of amides is 1. The molecule has 3 aromatic rings. The van der Waals surface area contributed by atoms with Gasteiger partial charge in [-0.05, 0) is 36.5 Å². The molecule has 0 unspecified atom stereocenters. The SMILES string of the molecule is CNC(=S)NN(O)c1ccnc2c(NC(=O)c3c(Cl)cccc3Cl)cccc12. The molecule has 1 amide bonds. The Balaban J connectivity index is 1.98. The third-order valence-electron chi connectivity index (χ3n) is 3.85. The molecule has 28 heavy (non-hydrogen) atoms. The number of nitrogens with one attached hydrogen (secondary N) is 3. The van der Waals surface area contributed by atoms with Gasteiger partial charge in [0.05, 0.1) is 32.5 Å². The lowest BCUT2D eigenvalue weighted by Crippen LogP contribution is -2.44. The topological polar surface area (TPSA) is 89.5 Å². The fourth-order valence-corrected chi connectivity index (χ4v) is 3.21. The molecule has 2 aromatic carbocycles. The van der Waals surface area contributed by atoms with Gasteiger partial charge in [0.2, 0.25) is 0 Å². The number of rotatable bonds is 4. The summed E-state index contributed by atoms with van der Waals surface area (Å²) in [5.41, 5.74) is 4.07. The molecule has 0 aliphatic heterocycles. The van der Waals surface area contributed by atoms with Gasteiger partial charge in [-0.25, -0.2) is 5.43 Å². The van der Waals surface area contributed by atoms with Crippen molar-refractivity contribution in [3.05, 3.63) is 64.3 Å². The highest BCUT2D eigenvalue weighted by Gasteiger charge is 2.17. The summed E-state index contributed by atoms with van der Waals surface area (Å²) in [6.45, 7) is 0. The van der Waals surface area contributed by atoms with E-state index in [1.54, 1.807) is 49.5 Å². The van der Waals surface area contributed by atoms with Crippen molar-refractivity contribution >= 4 is 68.7 Å². The van der Waals surface area contributed by atoms with E-state index in [1.165, 1.54) is 6.20 Å². The molecule has 4 N–H and O–H groups in total. The van der Waals surface area contributed by atoms with Crippen LogP contribution in [0.2, 0.25) is 10.0 Å². The maximum absolute atomic E-state index is 12.7. The van der Waals surface area contributed by atoms with Crippen LogP contribution in [-0.2, 0) is 0 Å². The Morgan fingerprint density at radius 3 is 2.50 bits per heavy atom. The quantitative estimate of drug-likeness (QED) is 0.363. The number of hydrazine groups is 1. The average Bonchev–Trinajstić information content (AvgIpc) is 2.67. The molecule has 144 valence electrons. The Bertz CT molecular complexity index is 1040. The van der Waals surface area contributed by atoms with Crippen LogP contribution < -0.4 is 21.2 Å². The Hall–Kier alpha value is -2.65. The zero-order chi connectivity index (χ0) is 20.3. The Morgan fingerprint density at radius 1 is 1.14 bits per heavy atom. The van der Waals surface area contributed by atoms with Crippen LogP contribution >= 0.6 is 35.4 Å². The number of aromatic nitrogens is 1. The van der Waals surface area contributed by atoms with E-state index in [0.717, 1.165) is 5.17 Å². The summed E-state index contributed by atoms with van der Waals surface area (Å²) in [5.74, 6) is -0.467. The van der Waals surface area contributed by atoms with Crippen molar-refractivity contribution in [3.63, 3.8) is 0 Å². The molecule has 0 bridgehead atoms. The van der Waals surface area contributed by atoms with Crippen LogP contribution in [0, 0.1) is 0 Å². The second-order valence-electron chi connectivity index (χ2n) is 5.59. The van der Waals surface area contributed by atoms with E-state index in [4.69, 9.17) is 35.4 Å². The van der Waals surface area contributed by atoms with Gasteiger partial charge < -0.3 is 10.6 Å². The first-order chi connectivity index (χ1) is 13.4. The van der Waals surface area contributed by atoms with Crippen LogP contribution in [-0.4, -0.2) is 28.3 Å². The number of carbonyl (C=O) groups excluding carboxylic acids is 1. The number of pyridine rings is 1. The summed E-state index contributed by atoms with van der Waals surface area (Å²) in [6, 6.07) is 11.6. The number of hydrogen-bond acceptors (Lipinski definition) is 5. The standard InChI is InChI=1S/C18H15Cl2N5O2S/c1-21-18(28)24-25(27)14-8-9-22-16-10(14)4-2-7-13(16)23-17(26)15-11(19)5-3-6-12(15)20/h2-9,27H,1H3,(H,23,26)(H2,21,24,28). The lowest BCUT2D eigenvalue weighted by Gasteiger charge is -2.21. The van der Waals surface area contributed by atoms with E-state index < -0.39 is 5.91 Å². The Morgan fingerprint density at radius 2 is 1.82 bits per heavy atom. The van der Waals surface area contributed by atoms with Gasteiger partial charge in [0, 0.05) is 18.6 Å². The highest BCUT2D eigenvalue weighted by molar-refractivity contribution is 7.80. The number of thiocarbonyl (C=S) groups is 1. The summed E-state index contributed by atoms with van der Waals surface area (Å²) < 4.78 is 0. The van der Waals surface area contributed by atoms with Crippen LogP contribution in [0.5, 0.6) is 0 Å². The highest BCUT2D eigenvalue weighted by Crippen LogP contribution is 2.30. The van der Waals surface area contributed by atoms with E-state index in [1.807, 2.05) is 0 Å². The smallest absolute Gasteiger partial charge is 0.258 e. The van der Waals surface area contributed by atoms with E-state index in [2.05, 4.69) is 21.0 Å². The lowest BCUT2D eigenvalue weighted by molar-refractivity contribution is 0.102. The van der Waals surface area contributed by atoms with Gasteiger partial charge in [0.15, 0.2) is 5.11 Å². The number of carbonyl (C=O) groups is 1. The van der Waals surface area contributed by atoms with E-state index in [9.17, 15) is 10.0 Å². The number of benzene rings is 2. The molecule has 0 saturated carbocycles. The molecule has 1 aromatic heterocycles. The lowest BCUT2D eigenvalue weighted by atomic mass is 10.1. The van der Waals surface area contributed by atoms with Crippen molar-refractivity contribution in [3.8, 4) is 0 Å². The minimum atomic E-state index is -0.467. The first-order valence-electron chi connectivity index (χ1n) is 8.03. The van der Waals surface area contributed by atoms with Gasteiger partial charge in [-0.1, -0.05) is 41.4 Å². The molecular weight excluding hydrogens is 421 g/mol. The monoisotopic (exact) mass is 435 g/mol. The number of anilines is 2. The van der Waals surface area contributed by atoms with E-state index in [0.29, 0.717) is 22.3 Å². The van der Waals surface area contributed by atoms with Crippen molar-refractivity contribution in [1.82, 2.24) is 15.7 Å². The molecule has 1 heterocycles. The van der Waals surface area contributed by atoms with Crippen LogP contribution in [0.1, 0.15) is 10.4 Å². The van der Waals surface area contributed by atoms with Gasteiger partial charge >= 0.3 is 0 Å². The summed E-state index contributed by atoms with van der Waals surface area (Å²) in [6.07, 6.45) is 1.50. The second kappa shape index (κ2) is 8.57. The molecule has 3 rings (SSSR count). The molecule has 0 spiro atoms. The predicted molar refractivity (Wildman–Crippen MR) is 115 cm³/mol. The van der Waals surface area contributed by atoms with Crippen LogP contribution in [0.25, 0.3) is 10.9 Å². The zero-order valence-corrected chi connectivity index (χ0v) is 16.9. The molecule has 0 fully saturated rings. The molecule has 0 radical (unpaired) electrons. The molecule has 0 atom stereocenters. The highest BCUT2D eigenvalue weighted by atomic mass is 35.5. The molecule has 10 heteroatoms. The molecular formula is C18H15Cl2N5O2S. The van der Waals surface area contributed by atoms with Gasteiger partial charge in [-0.15, -0.1) is 0 Å². The normalized spacial score (nSPS) is 10.4. The largest absolute Gasteiger partial charge is 0.364 e.